The van der Waals surface area contributed by atoms with Crippen molar-refractivity contribution < 1.29 is 23.7 Å². The Bertz CT molecular complexity index is 997. The standard InChI is InChI=1S/C18H16ClN3O6/c1-3-27-17(23)15-9(2)20-18(24)21-16(15)14-7-6-13(28-14)11-8-10(22(25)26)4-5-12(11)19/h4-8,16H,3H2,1-2H3,(H2,20,21,24)/t16-/m0/s1. The second kappa shape index (κ2) is 7.73. The van der Waals surface area contributed by atoms with Gasteiger partial charge in [-0.15, -0.1) is 0 Å². The second-order valence-corrected chi connectivity index (χ2v) is 6.32. The van der Waals surface area contributed by atoms with Gasteiger partial charge in [-0.3, -0.25) is 10.1 Å². The zero-order valence-corrected chi connectivity index (χ0v) is 15.7. The number of benzene rings is 1. The first-order valence-corrected chi connectivity index (χ1v) is 8.69. The number of esters is 1. The molecule has 0 spiro atoms. The number of hydrogen-bond donors (Lipinski definition) is 2. The second-order valence-electron chi connectivity index (χ2n) is 5.91. The summed E-state index contributed by atoms with van der Waals surface area (Å²) >= 11 is 6.15. The van der Waals surface area contributed by atoms with Crippen molar-refractivity contribution in [2.45, 2.75) is 19.9 Å². The third-order valence-corrected chi connectivity index (χ3v) is 4.43. The van der Waals surface area contributed by atoms with Crippen molar-refractivity contribution in [1.82, 2.24) is 10.6 Å². The molecule has 0 fully saturated rings. The minimum absolute atomic E-state index is 0.143. The van der Waals surface area contributed by atoms with Crippen LogP contribution >= 0.6 is 11.6 Å². The van der Waals surface area contributed by atoms with Crippen LogP contribution in [-0.4, -0.2) is 23.5 Å². The first-order chi connectivity index (χ1) is 13.3. The molecule has 9 nitrogen and oxygen atoms in total. The van der Waals surface area contributed by atoms with Crippen molar-refractivity contribution in [2.75, 3.05) is 6.61 Å². The molecule has 0 aliphatic carbocycles. The fourth-order valence-electron chi connectivity index (χ4n) is 2.86. The summed E-state index contributed by atoms with van der Waals surface area (Å²) in [6, 6.07) is 5.73. The van der Waals surface area contributed by atoms with Gasteiger partial charge in [0, 0.05) is 23.4 Å². The summed E-state index contributed by atoms with van der Waals surface area (Å²) in [5.41, 5.74) is 0.724. The highest BCUT2D eigenvalue weighted by atomic mass is 35.5. The molecule has 1 aromatic carbocycles. The van der Waals surface area contributed by atoms with Crippen LogP contribution in [0.15, 0.2) is 46.0 Å². The molecule has 3 rings (SSSR count). The average molecular weight is 406 g/mol. The number of urea groups is 1. The Morgan fingerprint density at radius 3 is 2.79 bits per heavy atom. The fraction of sp³-hybridized carbons (Fsp3) is 0.222. The summed E-state index contributed by atoms with van der Waals surface area (Å²) in [6.07, 6.45) is 0. The van der Waals surface area contributed by atoms with Crippen LogP contribution in [0.1, 0.15) is 25.6 Å². The van der Waals surface area contributed by atoms with Crippen molar-refractivity contribution in [2.24, 2.45) is 0 Å². The van der Waals surface area contributed by atoms with Gasteiger partial charge in [-0.1, -0.05) is 11.6 Å². The summed E-state index contributed by atoms with van der Waals surface area (Å²) in [7, 11) is 0. The number of nitro groups is 1. The minimum atomic E-state index is -0.876. The maximum Gasteiger partial charge on any atom is 0.338 e. The van der Waals surface area contributed by atoms with Gasteiger partial charge < -0.3 is 19.8 Å². The highest BCUT2D eigenvalue weighted by molar-refractivity contribution is 6.33. The molecule has 1 atom stereocenters. The van der Waals surface area contributed by atoms with Crippen LogP contribution in [0.25, 0.3) is 11.3 Å². The Morgan fingerprint density at radius 1 is 1.36 bits per heavy atom. The van der Waals surface area contributed by atoms with Gasteiger partial charge in [0.15, 0.2) is 0 Å². The van der Waals surface area contributed by atoms with Crippen LogP contribution in [0.5, 0.6) is 0 Å². The van der Waals surface area contributed by atoms with Crippen LogP contribution in [-0.2, 0) is 9.53 Å². The monoisotopic (exact) mass is 405 g/mol. The van der Waals surface area contributed by atoms with E-state index in [1.807, 2.05) is 0 Å². The molecule has 146 valence electrons. The van der Waals surface area contributed by atoms with E-state index in [4.69, 9.17) is 20.8 Å². The van der Waals surface area contributed by atoms with E-state index in [2.05, 4.69) is 10.6 Å². The highest BCUT2D eigenvalue weighted by Crippen LogP contribution is 2.36. The lowest BCUT2D eigenvalue weighted by Crippen LogP contribution is -2.45. The number of hydrogen-bond acceptors (Lipinski definition) is 6. The highest BCUT2D eigenvalue weighted by Gasteiger charge is 2.34. The Hall–Kier alpha value is -3.33. The van der Waals surface area contributed by atoms with Crippen molar-refractivity contribution in [3.05, 3.63) is 62.5 Å². The van der Waals surface area contributed by atoms with Gasteiger partial charge in [-0.05, 0) is 32.0 Å². The summed E-state index contributed by atoms with van der Waals surface area (Å²) < 4.78 is 10.9. The first-order valence-electron chi connectivity index (χ1n) is 8.31. The van der Waals surface area contributed by atoms with Crippen LogP contribution in [0.2, 0.25) is 5.02 Å². The third-order valence-electron chi connectivity index (χ3n) is 4.10. The smallest absolute Gasteiger partial charge is 0.338 e. The Labute approximate surface area is 164 Å². The number of ether oxygens (including phenoxy) is 1. The quantitative estimate of drug-likeness (QED) is 0.444. The zero-order valence-electron chi connectivity index (χ0n) is 14.9. The van der Waals surface area contributed by atoms with E-state index in [1.54, 1.807) is 26.0 Å². The van der Waals surface area contributed by atoms with Crippen LogP contribution in [0.3, 0.4) is 0 Å². The number of halogens is 1. The van der Waals surface area contributed by atoms with Gasteiger partial charge in [-0.25, -0.2) is 9.59 Å². The van der Waals surface area contributed by atoms with E-state index < -0.39 is 23.0 Å². The normalized spacial score (nSPS) is 16.4. The van der Waals surface area contributed by atoms with Gasteiger partial charge in [0.1, 0.15) is 17.6 Å². The van der Waals surface area contributed by atoms with E-state index in [0.29, 0.717) is 11.3 Å². The average Bonchev–Trinajstić information content (AvgIpc) is 3.11. The topological polar surface area (TPSA) is 124 Å². The maximum atomic E-state index is 12.3. The molecule has 0 saturated heterocycles. The number of nitro benzene ring substituents is 1. The molecule has 0 radical (unpaired) electrons. The van der Waals surface area contributed by atoms with Gasteiger partial charge in [0.25, 0.3) is 5.69 Å². The first kappa shape index (κ1) is 19.4. The summed E-state index contributed by atoms with van der Waals surface area (Å²) in [5, 5.41) is 16.4. The number of non-ortho nitro benzene ring substituents is 1. The molecule has 2 heterocycles. The zero-order chi connectivity index (χ0) is 20.4. The van der Waals surface area contributed by atoms with Gasteiger partial charge in [0.2, 0.25) is 0 Å². The Balaban J connectivity index is 2.02. The number of nitrogens with zero attached hydrogens (tertiary/aromatic N) is 1. The fourth-order valence-corrected chi connectivity index (χ4v) is 3.07. The largest absolute Gasteiger partial charge is 0.463 e. The van der Waals surface area contributed by atoms with E-state index in [1.165, 1.54) is 18.2 Å². The Morgan fingerprint density at radius 2 is 2.11 bits per heavy atom. The van der Waals surface area contributed by atoms with Crippen LogP contribution in [0.4, 0.5) is 10.5 Å². The van der Waals surface area contributed by atoms with Crippen molar-refractivity contribution in [3.8, 4) is 11.3 Å². The third kappa shape index (κ3) is 3.70. The molecule has 1 aliphatic heterocycles. The molecule has 10 heteroatoms. The summed E-state index contributed by atoms with van der Waals surface area (Å²) in [4.78, 5) is 34.7. The van der Waals surface area contributed by atoms with Crippen molar-refractivity contribution in [3.63, 3.8) is 0 Å². The van der Waals surface area contributed by atoms with E-state index in [0.717, 1.165) is 0 Å². The molecule has 0 bridgehead atoms. The number of carbonyl (C=O) groups excluding carboxylic acids is 2. The molecule has 2 amide bonds. The molecular weight excluding hydrogens is 390 g/mol. The number of carbonyl (C=O) groups is 2. The molecule has 1 aliphatic rings. The molecule has 0 unspecified atom stereocenters. The van der Waals surface area contributed by atoms with Gasteiger partial charge >= 0.3 is 12.0 Å². The summed E-state index contributed by atoms with van der Waals surface area (Å²) in [6.45, 7) is 3.43. The van der Waals surface area contributed by atoms with Gasteiger partial charge in [0.05, 0.1) is 22.1 Å². The molecular formula is C18H16ClN3O6. The lowest BCUT2D eigenvalue weighted by Gasteiger charge is -2.26. The van der Waals surface area contributed by atoms with Crippen molar-refractivity contribution in [1.29, 1.82) is 0 Å². The van der Waals surface area contributed by atoms with Crippen molar-refractivity contribution >= 4 is 29.3 Å². The van der Waals surface area contributed by atoms with Crippen LogP contribution < -0.4 is 10.6 Å². The van der Waals surface area contributed by atoms with E-state index >= 15 is 0 Å². The van der Waals surface area contributed by atoms with Gasteiger partial charge in [-0.2, -0.15) is 0 Å². The number of furan rings is 1. The molecule has 28 heavy (non-hydrogen) atoms. The molecule has 2 N–H and O–H groups in total. The number of amides is 2. The van der Waals surface area contributed by atoms with Crippen LogP contribution in [0, 0.1) is 10.1 Å². The number of allylic oxidation sites excluding steroid dienone is 1. The lowest BCUT2D eigenvalue weighted by molar-refractivity contribution is -0.384. The Kier molecular flexibility index (Phi) is 5.36. The summed E-state index contributed by atoms with van der Waals surface area (Å²) in [5.74, 6) is -0.0731. The number of nitrogens with one attached hydrogen (secondary N) is 2. The minimum Gasteiger partial charge on any atom is -0.463 e. The molecule has 1 aromatic heterocycles. The predicted octanol–water partition coefficient (Wildman–Crippen LogP) is 3.70. The SMILES string of the molecule is CCOC(=O)C1=C(C)NC(=O)N[C@H]1c1ccc(-c2cc([N+](=O)[O-])ccc2Cl)o1. The van der Waals surface area contributed by atoms with E-state index in [9.17, 15) is 19.7 Å². The molecule has 2 aromatic rings. The lowest BCUT2D eigenvalue weighted by atomic mass is 10.0. The molecule has 0 saturated carbocycles. The number of rotatable bonds is 5. The predicted molar refractivity (Wildman–Crippen MR) is 99.5 cm³/mol. The maximum absolute atomic E-state index is 12.3. The van der Waals surface area contributed by atoms with E-state index in [-0.39, 0.29) is 34.4 Å².